The first kappa shape index (κ1) is 18.6. The van der Waals surface area contributed by atoms with Gasteiger partial charge in [0.05, 0.1) is 5.69 Å². The predicted molar refractivity (Wildman–Crippen MR) is 105 cm³/mol. The van der Waals surface area contributed by atoms with E-state index in [1.807, 2.05) is 38.1 Å². The van der Waals surface area contributed by atoms with Crippen LogP contribution in [0.1, 0.15) is 29.5 Å². The zero-order valence-electron chi connectivity index (χ0n) is 15.8. The number of benzene rings is 2. The van der Waals surface area contributed by atoms with Gasteiger partial charge < -0.3 is 10.0 Å². The third kappa shape index (κ3) is 4.00. The highest BCUT2D eigenvalue weighted by Gasteiger charge is 2.28. The number of amides is 2. The van der Waals surface area contributed by atoms with Crippen LogP contribution in [-0.2, 0) is 16.1 Å². The van der Waals surface area contributed by atoms with Gasteiger partial charge in [-0.05, 0) is 37.1 Å². The molecule has 1 aliphatic heterocycles. The molecule has 0 unspecified atom stereocenters. The van der Waals surface area contributed by atoms with Gasteiger partial charge >= 0.3 is 0 Å². The molecule has 1 N–H and O–H groups in total. The fourth-order valence-electron chi connectivity index (χ4n) is 3.04. The molecule has 6 heteroatoms. The van der Waals surface area contributed by atoms with Gasteiger partial charge in [-0.3, -0.25) is 9.59 Å². The SMILES string of the molecule is Cc1ccc(C)c(N2N=C(C(=O)N(C)Cc3ccccc3O)CCC2=O)c1. The first-order valence-electron chi connectivity index (χ1n) is 8.87. The van der Waals surface area contributed by atoms with Crippen LogP contribution in [0.15, 0.2) is 47.6 Å². The summed E-state index contributed by atoms with van der Waals surface area (Å²) in [6, 6.07) is 12.7. The summed E-state index contributed by atoms with van der Waals surface area (Å²) < 4.78 is 0. The molecule has 6 nitrogen and oxygen atoms in total. The number of nitrogens with zero attached hydrogens (tertiary/aromatic N) is 3. The second-order valence-electron chi connectivity index (χ2n) is 6.83. The maximum Gasteiger partial charge on any atom is 0.270 e. The van der Waals surface area contributed by atoms with Gasteiger partial charge in [-0.1, -0.05) is 30.3 Å². The topological polar surface area (TPSA) is 73.2 Å². The van der Waals surface area contributed by atoms with Crippen LogP contribution < -0.4 is 5.01 Å². The highest BCUT2D eigenvalue weighted by molar-refractivity contribution is 6.40. The molecule has 0 radical (unpaired) electrons. The zero-order valence-corrected chi connectivity index (χ0v) is 15.8. The van der Waals surface area contributed by atoms with Crippen LogP contribution in [0.4, 0.5) is 5.69 Å². The minimum absolute atomic E-state index is 0.122. The third-order valence-electron chi connectivity index (χ3n) is 4.62. The molecule has 0 atom stereocenters. The van der Waals surface area contributed by atoms with Crippen LogP contribution in [0.25, 0.3) is 0 Å². The average molecular weight is 365 g/mol. The lowest BCUT2D eigenvalue weighted by Gasteiger charge is -2.26. The summed E-state index contributed by atoms with van der Waals surface area (Å²) in [6.07, 6.45) is 0.548. The number of rotatable bonds is 4. The van der Waals surface area contributed by atoms with Gasteiger partial charge in [0.25, 0.3) is 5.91 Å². The van der Waals surface area contributed by atoms with Crippen LogP contribution in [0.2, 0.25) is 0 Å². The molecule has 27 heavy (non-hydrogen) atoms. The molecule has 3 rings (SSSR count). The highest BCUT2D eigenvalue weighted by Crippen LogP contribution is 2.26. The second kappa shape index (κ2) is 7.61. The fourth-order valence-corrected chi connectivity index (χ4v) is 3.04. The molecule has 0 aromatic heterocycles. The largest absolute Gasteiger partial charge is 0.508 e. The van der Waals surface area contributed by atoms with E-state index in [1.165, 1.54) is 9.91 Å². The van der Waals surface area contributed by atoms with E-state index in [1.54, 1.807) is 25.2 Å². The number of aromatic hydroxyl groups is 1. The Morgan fingerprint density at radius 1 is 1.19 bits per heavy atom. The summed E-state index contributed by atoms with van der Waals surface area (Å²) >= 11 is 0. The molecule has 0 aliphatic carbocycles. The lowest BCUT2D eigenvalue weighted by atomic mass is 10.1. The number of para-hydroxylation sites is 1. The van der Waals surface area contributed by atoms with Crippen molar-refractivity contribution in [3.8, 4) is 5.75 Å². The molecule has 0 saturated carbocycles. The maximum atomic E-state index is 12.8. The van der Waals surface area contributed by atoms with Gasteiger partial charge in [-0.15, -0.1) is 0 Å². The van der Waals surface area contributed by atoms with Gasteiger partial charge in [0, 0.05) is 32.0 Å². The van der Waals surface area contributed by atoms with E-state index in [-0.39, 0.29) is 30.5 Å². The van der Waals surface area contributed by atoms with Crippen LogP contribution in [0.5, 0.6) is 5.75 Å². The predicted octanol–water partition coefficient (Wildman–Crippen LogP) is 3.15. The number of hydrazone groups is 1. The third-order valence-corrected chi connectivity index (χ3v) is 4.62. The smallest absolute Gasteiger partial charge is 0.270 e. The zero-order chi connectivity index (χ0) is 19.6. The van der Waals surface area contributed by atoms with Crippen molar-refractivity contribution in [1.29, 1.82) is 0 Å². The van der Waals surface area contributed by atoms with E-state index in [9.17, 15) is 14.7 Å². The van der Waals surface area contributed by atoms with Crippen molar-refractivity contribution < 1.29 is 14.7 Å². The highest BCUT2D eigenvalue weighted by atomic mass is 16.3. The standard InChI is InChI=1S/C21H23N3O3/c1-14-8-9-15(2)18(12-14)24-20(26)11-10-17(22-24)21(27)23(3)13-16-6-4-5-7-19(16)25/h4-9,12,25H,10-11,13H2,1-3H3. The molecule has 0 spiro atoms. The van der Waals surface area contributed by atoms with Crippen molar-refractivity contribution in [1.82, 2.24) is 4.90 Å². The molecule has 1 heterocycles. The monoisotopic (exact) mass is 365 g/mol. The molecule has 1 aliphatic rings. The molecule has 0 bridgehead atoms. The number of hydrogen-bond donors (Lipinski definition) is 1. The van der Waals surface area contributed by atoms with E-state index < -0.39 is 0 Å². The molecule has 2 aromatic carbocycles. The molecular weight excluding hydrogens is 342 g/mol. The Labute approximate surface area is 158 Å². The average Bonchev–Trinajstić information content (AvgIpc) is 2.65. The number of hydrogen-bond acceptors (Lipinski definition) is 4. The van der Waals surface area contributed by atoms with E-state index in [0.717, 1.165) is 11.1 Å². The number of phenols is 1. The first-order valence-corrected chi connectivity index (χ1v) is 8.87. The van der Waals surface area contributed by atoms with Gasteiger partial charge in [-0.25, -0.2) is 5.01 Å². The number of carbonyl (C=O) groups is 2. The minimum atomic E-state index is -0.249. The number of carbonyl (C=O) groups excluding carboxylic acids is 2. The fraction of sp³-hybridized carbons (Fsp3) is 0.286. The maximum absolute atomic E-state index is 12.8. The number of phenolic OH excluding ortho intramolecular Hbond substituents is 1. The summed E-state index contributed by atoms with van der Waals surface area (Å²) in [7, 11) is 1.66. The Hall–Kier alpha value is -3.15. The normalized spacial score (nSPS) is 14.1. The summed E-state index contributed by atoms with van der Waals surface area (Å²) in [5.41, 5.74) is 3.65. The number of anilines is 1. The summed E-state index contributed by atoms with van der Waals surface area (Å²) in [4.78, 5) is 26.7. The second-order valence-corrected chi connectivity index (χ2v) is 6.83. The Morgan fingerprint density at radius 2 is 1.93 bits per heavy atom. The Bertz CT molecular complexity index is 921. The Kier molecular flexibility index (Phi) is 5.26. The van der Waals surface area contributed by atoms with Gasteiger partial charge in [-0.2, -0.15) is 5.10 Å². The van der Waals surface area contributed by atoms with Gasteiger partial charge in [0.1, 0.15) is 11.5 Å². The van der Waals surface area contributed by atoms with Crippen molar-refractivity contribution in [3.63, 3.8) is 0 Å². The van der Waals surface area contributed by atoms with Crippen molar-refractivity contribution in [2.75, 3.05) is 12.1 Å². The van der Waals surface area contributed by atoms with Crippen molar-refractivity contribution in [3.05, 3.63) is 59.2 Å². The van der Waals surface area contributed by atoms with Crippen molar-refractivity contribution >= 4 is 23.2 Å². The Balaban J connectivity index is 1.84. The summed E-state index contributed by atoms with van der Waals surface area (Å²) in [5, 5.41) is 15.6. The van der Waals surface area contributed by atoms with Gasteiger partial charge in [0.2, 0.25) is 5.91 Å². The lowest BCUT2D eigenvalue weighted by Crippen LogP contribution is -2.40. The van der Waals surface area contributed by atoms with Crippen molar-refractivity contribution in [2.45, 2.75) is 33.2 Å². The molecule has 2 aromatic rings. The summed E-state index contributed by atoms with van der Waals surface area (Å²) in [6.45, 7) is 4.13. The molecule has 0 fully saturated rings. The van der Waals surface area contributed by atoms with Crippen LogP contribution in [0.3, 0.4) is 0 Å². The Morgan fingerprint density at radius 3 is 2.67 bits per heavy atom. The molecule has 140 valence electrons. The van der Waals surface area contributed by atoms with E-state index in [0.29, 0.717) is 23.4 Å². The van der Waals surface area contributed by atoms with E-state index >= 15 is 0 Å². The van der Waals surface area contributed by atoms with Gasteiger partial charge in [0.15, 0.2) is 0 Å². The van der Waals surface area contributed by atoms with Crippen LogP contribution in [0, 0.1) is 13.8 Å². The molecule has 2 amide bonds. The quantitative estimate of drug-likeness (QED) is 0.905. The van der Waals surface area contributed by atoms with E-state index in [2.05, 4.69) is 5.10 Å². The van der Waals surface area contributed by atoms with Crippen molar-refractivity contribution in [2.24, 2.45) is 5.10 Å². The van der Waals surface area contributed by atoms with E-state index in [4.69, 9.17) is 0 Å². The van der Waals surface area contributed by atoms with Crippen LogP contribution in [-0.4, -0.2) is 34.6 Å². The lowest BCUT2D eigenvalue weighted by molar-refractivity contribution is -0.123. The van der Waals surface area contributed by atoms with Crippen LogP contribution >= 0.6 is 0 Å². The molecule has 0 saturated heterocycles. The number of aryl methyl sites for hydroxylation is 2. The summed E-state index contributed by atoms with van der Waals surface area (Å²) in [5.74, 6) is -0.223. The molecular formula is C21H23N3O3. The first-order chi connectivity index (χ1) is 12.9. The minimum Gasteiger partial charge on any atom is -0.508 e.